The van der Waals surface area contributed by atoms with Crippen molar-refractivity contribution in [2.45, 2.75) is 71.9 Å². The van der Waals surface area contributed by atoms with E-state index in [1.54, 1.807) is 0 Å². The summed E-state index contributed by atoms with van der Waals surface area (Å²) in [5.74, 6) is 8.47. The van der Waals surface area contributed by atoms with Crippen LogP contribution in [-0.4, -0.2) is 76.1 Å². The predicted molar refractivity (Wildman–Crippen MR) is 573 cm³/mol. The molecule has 146 heavy (non-hydrogen) atoms. The lowest BCUT2D eigenvalue weighted by Crippen LogP contribution is -2.39. The topological polar surface area (TPSA) is 259 Å². The molecule has 0 unspecified atom stereocenters. The van der Waals surface area contributed by atoms with Crippen LogP contribution >= 0.6 is 0 Å². The van der Waals surface area contributed by atoms with E-state index in [1.165, 1.54) is 5.56 Å². The van der Waals surface area contributed by atoms with Crippen LogP contribution in [0.4, 0.5) is 68.2 Å². The molecule has 17 aromatic carbocycles. The average Bonchev–Trinajstić information content (AvgIpc) is 0.805. The van der Waals surface area contributed by atoms with Crippen LogP contribution in [0.3, 0.4) is 0 Å². The van der Waals surface area contributed by atoms with Crippen LogP contribution in [0.5, 0.6) is 69.0 Å². The first kappa shape index (κ1) is 97.4. The third-order valence-electron chi connectivity index (χ3n) is 24.4. The van der Waals surface area contributed by atoms with Crippen molar-refractivity contribution in [2.75, 3.05) is 40.0 Å². The van der Waals surface area contributed by atoms with Crippen LogP contribution in [0.25, 0.3) is 21.5 Å². The molecular formula is C122H100N12O12. The van der Waals surface area contributed by atoms with Crippen molar-refractivity contribution in [3.8, 4) is 69.0 Å². The fraction of sp³-hybridized carbons (Fsp3) is 0.148. The van der Waals surface area contributed by atoms with Crippen molar-refractivity contribution in [2.24, 2.45) is 65.3 Å². The molecule has 0 atom stereocenters. The molecule has 6 heterocycles. The number of ether oxygens (including phenoxy) is 12. The van der Waals surface area contributed by atoms with Gasteiger partial charge in [-0.15, -0.1) is 0 Å². The summed E-state index contributed by atoms with van der Waals surface area (Å²) in [4.78, 5) is 51.6. The summed E-state index contributed by atoms with van der Waals surface area (Å²) in [5.41, 5.74) is 13.7. The highest BCUT2D eigenvalue weighted by atomic mass is 16.7. The standard InChI is InChI=1S/C24H22N2O2.C22H14N2O2.2C21H16N2O2.C20H22N2O2.C14H10N2O2/c1-2-24(19-10-4-3-5-11-19)16-27-22-14-8-6-12-20(22)25-18-26-21-13-7-9-15-23(21)28-17-24;1-3-7-17-11-21-19(9-15(17)5-1)23-13-24-20-10-16-6-2-4-8-18(16)12-22(20)26-14-25-21;1-4-16-10-17(5-1)14-25-21-9-3-7-19(12-21)23-15-22-18-6-2-8-20(11-18)24-13-16;1-3-10-20-18(8-1)22-15-23-19-9-2-4-11-21(19)25-14-17-7-5-6-16(12-17)13-24-20;1-3-20(4-2)13-23-18-11-7-5-9-16(18)21-15-22-17-10-6-8-12-19(17)24-14-20;1-3-7-13-11(5-1)15-9-16-12-6-2-4-8-14(12)18-10-17-13/h3-15H,2,16-17H2,1H3;1-12H,14H2;2*1-12H,13-14H2;5-12H,3-4,13-14H2,1-2H3;1-8H,10H2. The summed E-state index contributed by atoms with van der Waals surface area (Å²) in [6.07, 6.45) is 2.81. The summed E-state index contributed by atoms with van der Waals surface area (Å²) in [7, 11) is 0. The first-order valence-electron chi connectivity index (χ1n) is 47.8. The van der Waals surface area contributed by atoms with E-state index < -0.39 is 0 Å². The van der Waals surface area contributed by atoms with E-state index >= 15 is 0 Å². The first-order valence-corrected chi connectivity index (χ1v) is 47.8. The van der Waals surface area contributed by atoms with Crippen LogP contribution in [0.2, 0.25) is 0 Å². The minimum absolute atomic E-state index is 0.0488. The van der Waals surface area contributed by atoms with Crippen LogP contribution < -0.4 is 56.8 Å². The second-order valence-electron chi connectivity index (χ2n) is 34.0. The molecule has 0 saturated carbocycles. The van der Waals surface area contributed by atoms with Crippen molar-refractivity contribution in [3.63, 3.8) is 0 Å². The van der Waals surface area contributed by atoms with E-state index in [4.69, 9.17) is 56.8 Å². The molecule has 0 fully saturated rings. The van der Waals surface area contributed by atoms with E-state index in [-0.39, 0.29) is 24.4 Å². The smallest absolute Gasteiger partial charge is 0.231 e. The number of hydrogen-bond acceptors (Lipinski definition) is 24. The third-order valence-corrected chi connectivity index (χ3v) is 24.4. The summed E-state index contributed by atoms with van der Waals surface area (Å²) < 4.78 is 71.0. The fourth-order valence-electron chi connectivity index (χ4n) is 15.9. The number of benzene rings is 17. The normalized spacial score (nSPS) is 14.5. The molecule has 0 aliphatic carbocycles. The number of aliphatic imine (C=N–C) groups is 12. The van der Waals surface area contributed by atoms with Gasteiger partial charge in [0.05, 0.1) is 30.0 Å². The minimum Gasteiger partial charge on any atom is -0.491 e. The third kappa shape index (κ3) is 26.4. The average molecular weight is 1930 g/mol. The largest absolute Gasteiger partial charge is 0.491 e. The van der Waals surface area contributed by atoms with Gasteiger partial charge in [-0.25, -0.2) is 0 Å². The van der Waals surface area contributed by atoms with Gasteiger partial charge in [-0.3, -0.25) is 0 Å². The lowest BCUT2D eigenvalue weighted by molar-refractivity contribution is 0.0710. The number of rotatable bonds is 4. The molecule has 0 aromatic heterocycles. The molecule has 8 bridgehead atoms. The number of para-hydroxylation sites is 16. The zero-order valence-corrected chi connectivity index (χ0v) is 80.5. The SMILES string of the molecule is C1=Nc2cc3ccccc3cc2OCOc2cc3ccccc3cc2N=1.C1=Nc2cccc(c2)OCc2cccc(c2)COc2cccc(c2)N=1.C1=Nc2ccccc2OCOc2ccccc2N=1.C1=Nc2ccccc2OCc2cccc(c2)COc2ccccc2N=1.CCC1(CC)COc2ccccc2N=C=Nc2ccccc2OC1.CCC1(c2ccccc2)COc2ccccc2N=C=Nc2ccccc2OC1. The molecule has 17 aromatic rings. The van der Waals surface area contributed by atoms with Crippen LogP contribution in [0.15, 0.2) is 454 Å². The maximum Gasteiger partial charge on any atom is 0.231 e. The molecule has 720 valence electrons. The molecule has 0 radical (unpaired) electrons. The zero-order chi connectivity index (χ0) is 99.4. The quantitative estimate of drug-likeness (QED) is 0.159. The molecule has 6 aliphatic heterocycles. The van der Waals surface area contributed by atoms with Gasteiger partial charge in [-0.05, 0) is 226 Å². The molecule has 0 N–H and O–H groups in total. The van der Waals surface area contributed by atoms with Gasteiger partial charge in [-0.1, -0.05) is 245 Å². The molecule has 0 spiro atoms. The summed E-state index contributed by atoms with van der Waals surface area (Å²) >= 11 is 0. The van der Waals surface area contributed by atoms with E-state index in [0.29, 0.717) is 144 Å². The summed E-state index contributed by atoms with van der Waals surface area (Å²) in [6.45, 7) is 10.8. The van der Waals surface area contributed by atoms with Crippen molar-refractivity contribution < 1.29 is 56.8 Å². The van der Waals surface area contributed by atoms with Gasteiger partial charge in [0.15, 0.2) is 11.5 Å². The Kier molecular flexibility index (Phi) is 32.9. The van der Waals surface area contributed by atoms with Crippen molar-refractivity contribution in [3.05, 3.63) is 422 Å². The van der Waals surface area contributed by atoms with Crippen LogP contribution in [0, 0.1) is 5.41 Å². The van der Waals surface area contributed by atoms with Crippen LogP contribution in [-0.2, 0) is 31.8 Å². The molecule has 24 heteroatoms. The second-order valence-corrected chi connectivity index (χ2v) is 34.0. The highest BCUT2D eigenvalue weighted by Crippen LogP contribution is 2.43. The highest BCUT2D eigenvalue weighted by Gasteiger charge is 2.34. The number of hydrogen-bond donors (Lipinski definition) is 0. The van der Waals surface area contributed by atoms with Gasteiger partial charge in [0.1, 0.15) is 190 Å². The Morgan fingerprint density at radius 1 is 0.199 bits per heavy atom. The van der Waals surface area contributed by atoms with Gasteiger partial charge in [-0.2, -0.15) is 59.9 Å². The van der Waals surface area contributed by atoms with Crippen molar-refractivity contribution >= 4 is 126 Å². The van der Waals surface area contributed by atoms with E-state index in [9.17, 15) is 0 Å². The zero-order valence-electron chi connectivity index (χ0n) is 80.5. The van der Waals surface area contributed by atoms with E-state index in [2.05, 4.69) is 153 Å². The minimum atomic E-state index is -0.298. The highest BCUT2D eigenvalue weighted by molar-refractivity contribution is 5.90. The maximum atomic E-state index is 6.25. The second kappa shape index (κ2) is 49.3. The molecule has 23 rings (SSSR count). The Balaban J connectivity index is 0.000000115. The number of nitrogens with zero attached hydrogens (tertiary/aromatic N) is 12. The Labute approximate surface area is 845 Å². The lowest BCUT2D eigenvalue weighted by Gasteiger charge is -2.33. The lowest BCUT2D eigenvalue weighted by atomic mass is 9.79. The Bertz CT molecular complexity index is 7490. The Hall–Kier alpha value is -18.9. The van der Waals surface area contributed by atoms with Gasteiger partial charge in [0.2, 0.25) is 13.6 Å². The maximum absolute atomic E-state index is 6.25. The number of fused-ring (bicyclic) bond motifs is 20. The van der Waals surface area contributed by atoms with Gasteiger partial charge < -0.3 is 56.8 Å². The molecule has 24 nitrogen and oxygen atoms in total. The Morgan fingerprint density at radius 2 is 0.459 bits per heavy atom. The van der Waals surface area contributed by atoms with Gasteiger partial charge in [0.25, 0.3) is 0 Å². The summed E-state index contributed by atoms with van der Waals surface area (Å²) in [6, 6.07) is 143. The van der Waals surface area contributed by atoms with E-state index in [0.717, 1.165) is 109 Å². The molecule has 6 aliphatic rings. The fourth-order valence-corrected chi connectivity index (χ4v) is 15.9. The van der Waals surface area contributed by atoms with Crippen molar-refractivity contribution in [1.82, 2.24) is 0 Å². The summed E-state index contributed by atoms with van der Waals surface area (Å²) in [5, 5.41) is 4.35. The Morgan fingerprint density at radius 3 is 0.788 bits per heavy atom. The predicted octanol–water partition coefficient (Wildman–Crippen LogP) is 31.3. The molecule has 0 saturated heterocycles. The first-order chi connectivity index (χ1) is 72.1. The van der Waals surface area contributed by atoms with Gasteiger partial charge in [0, 0.05) is 17.5 Å². The van der Waals surface area contributed by atoms with E-state index in [1.807, 2.05) is 358 Å². The molecular weight excluding hydrogens is 1830 g/mol. The molecule has 0 amide bonds. The van der Waals surface area contributed by atoms with Crippen molar-refractivity contribution in [1.29, 1.82) is 0 Å². The monoisotopic (exact) mass is 1920 g/mol. The van der Waals surface area contributed by atoms with Gasteiger partial charge >= 0.3 is 0 Å². The van der Waals surface area contributed by atoms with Crippen LogP contribution in [0.1, 0.15) is 67.9 Å².